The monoisotopic (exact) mass is 202 g/mol. The van der Waals surface area contributed by atoms with Crippen LogP contribution in [0.5, 0.6) is 0 Å². The topological polar surface area (TPSA) is 38.7 Å². The Morgan fingerprint density at radius 3 is 1.86 bits per heavy atom. The van der Waals surface area contributed by atoms with Gasteiger partial charge in [-0.05, 0) is 25.7 Å². The predicted molar refractivity (Wildman–Crippen MR) is 55.0 cm³/mol. The maximum Gasteiger partial charge on any atom is 0.165 e. The van der Waals surface area contributed by atoms with Crippen LogP contribution in [0.25, 0.3) is 0 Å². The molecule has 1 fully saturated rings. The smallest absolute Gasteiger partial charge is 0.165 e. The lowest BCUT2D eigenvalue weighted by molar-refractivity contribution is -0.191. The van der Waals surface area contributed by atoms with Gasteiger partial charge in [-0.2, -0.15) is 0 Å². The van der Waals surface area contributed by atoms with Gasteiger partial charge in [0.05, 0.1) is 12.0 Å². The molecule has 84 valence electrons. The van der Waals surface area contributed by atoms with Crippen molar-refractivity contribution < 1.29 is 14.6 Å². The van der Waals surface area contributed by atoms with Crippen molar-refractivity contribution in [1.29, 1.82) is 0 Å². The van der Waals surface area contributed by atoms with Crippen molar-refractivity contribution in [3.05, 3.63) is 0 Å². The van der Waals surface area contributed by atoms with Crippen molar-refractivity contribution in [1.82, 2.24) is 0 Å². The molecular formula is C11H22O3. The molecule has 1 aliphatic rings. The highest BCUT2D eigenvalue weighted by Gasteiger charge is 2.66. The summed E-state index contributed by atoms with van der Waals surface area (Å²) in [5, 5.41) is 9.46. The molecule has 1 atom stereocenters. The largest absolute Gasteiger partial charge is 0.396 e. The number of aliphatic hydroxyl groups excluding tert-OH is 1. The molecule has 0 saturated heterocycles. The lowest BCUT2D eigenvalue weighted by Crippen LogP contribution is -2.35. The Morgan fingerprint density at radius 1 is 1.21 bits per heavy atom. The fourth-order valence-electron chi connectivity index (χ4n) is 2.16. The number of hydrogen-bond acceptors (Lipinski definition) is 3. The molecule has 3 nitrogen and oxygen atoms in total. The van der Waals surface area contributed by atoms with Crippen molar-refractivity contribution in [3.8, 4) is 0 Å². The Balaban J connectivity index is 2.66. The van der Waals surface area contributed by atoms with Gasteiger partial charge in [-0.1, -0.05) is 13.8 Å². The summed E-state index contributed by atoms with van der Waals surface area (Å²) in [7, 11) is 0. The summed E-state index contributed by atoms with van der Waals surface area (Å²) in [6.07, 6.45) is 0.721. The fraction of sp³-hybridized carbons (Fsp3) is 1.00. The molecule has 3 heteroatoms. The molecule has 1 unspecified atom stereocenters. The zero-order valence-electron chi connectivity index (χ0n) is 9.67. The van der Waals surface area contributed by atoms with Gasteiger partial charge in [0.2, 0.25) is 0 Å². The molecule has 0 aliphatic heterocycles. The van der Waals surface area contributed by atoms with Crippen LogP contribution in [0.3, 0.4) is 0 Å². The number of aliphatic hydroxyl groups is 1. The minimum Gasteiger partial charge on any atom is -0.396 e. The maximum absolute atomic E-state index is 9.46. The van der Waals surface area contributed by atoms with Gasteiger partial charge in [0.15, 0.2) is 6.29 Å². The first-order valence-electron chi connectivity index (χ1n) is 5.38. The Labute approximate surface area is 86.4 Å². The third kappa shape index (κ3) is 1.81. The Morgan fingerprint density at radius 2 is 1.64 bits per heavy atom. The molecule has 0 radical (unpaired) electrons. The van der Waals surface area contributed by atoms with Crippen molar-refractivity contribution in [2.24, 2.45) is 10.8 Å². The van der Waals surface area contributed by atoms with Crippen LogP contribution in [0, 0.1) is 10.8 Å². The highest BCUT2D eigenvalue weighted by molar-refractivity contribution is 5.11. The van der Waals surface area contributed by atoms with Crippen LogP contribution < -0.4 is 0 Å². The molecule has 0 aromatic heterocycles. The molecule has 1 aliphatic carbocycles. The van der Waals surface area contributed by atoms with Gasteiger partial charge in [-0.25, -0.2) is 0 Å². The summed E-state index contributed by atoms with van der Waals surface area (Å²) in [4.78, 5) is 0. The van der Waals surface area contributed by atoms with Crippen molar-refractivity contribution in [2.75, 3.05) is 19.8 Å². The summed E-state index contributed by atoms with van der Waals surface area (Å²) < 4.78 is 11.1. The zero-order chi connectivity index (χ0) is 10.8. The zero-order valence-corrected chi connectivity index (χ0v) is 9.67. The molecule has 1 rings (SSSR count). The van der Waals surface area contributed by atoms with E-state index in [-0.39, 0.29) is 23.7 Å². The van der Waals surface area contributed by atoms with Crippen molar-refractivity contribution >= 4 is 0 Å². The molecule has 1 saturated carbocycles. The molecular weight excluding hydrogens is 180 g/mol. The highest BCUT2D eigenvalue weighted by atomic mass is 16.7. The van der Waals surface area contributed by atoms with E-state index in [4.69, 9.17) is 9.47 Å². The minimum atomic E-state index is -0.252. The van der Waals surface area contributed by atoms with E-state index in [1.807, 2.05) is 13.8 Å². The van der Waals surface area contributed by atoms with E-state index in [1.165, 1.54) is 0 Å². The van der Waals surface area contributed by atoms with E-state index in [2.05, 4.69) is 13.8 Å². The standard InChI is InChI=1S/C11H22O3/c1-5-13-9(14-6-2)11(8-12)7-10(11,3)4/h9,12H,5-8H2,1-4H3. The fourth-order valence-corrected chi connectivity index (χ4v) is 2.16. The maximum atomic E-state index is 9.46. The highest BCUT2D eigenvalue weighted by Crippen LogP contribution is 2.65. The van der Waals surface area contributed by atoms with E-state index in [1.54, 1.807) is 0 Å². The summed E-state index contributed by atoms with van der Waals surface area (Å²) in [5.41, 5.74) is -0.0459. The van der Waals surface area contributed by atoms with Gasteiger partial charge in [0.1, 0.15) is 0 Å². The van der Waals surface area contributed by atoms with Gasteiger partial charge < -0.3 is 14.6 Å². The van der Waals surface area contributed by atoms with Gasteiger partial charge in [0.25, 0.3) is 0 Å². The Bertz CT molecular complexity index is 185. The number of rotatable bonds is 6. The first kappa shape index (κ1) is 12.0. The quantitative estimate of drug-likeness (QED) is 0.667. The number of ether oxygens (including phenoxy) is 2. The van der Waals surface area contributed by atoms with Crippen LogP contribution in [0.1, 0.15) is 34.1 Å². The molecule has 0 spiro atoms. The van der Waals surface area contributed by atoms with E-state index in [9.17, 15) is 5.11 Å². The van der Waals surface area contributed by atoms with Crippen LogP contribution in [-0.4, -0.2) is 31.2 Å². The van der Waals surface area contributed by atoms with Gasteiger partial charge in [-0.3, -0.25) is 0 Å². The predicted octanol–water partition coefficient (Wildman–Crippen LogP) is 1.79. The van der Waals surface area contributed by atoms with Crippen LogP contribution in [0.2, 0.25) is 0 Å². The summed E-state index contributed by atoms with van der Waals surface area (Å²) >= 11 is 0. The molecule has 0 aromatic carbocycles. The number of hydrogen-bond donors (Lipinski definition) is 1. The summed E-state index contributed by atoms with van der Waals surface area (Å²) in [6.45, 7) is 9.59. The summed E-state index contributed by atoms with van der Waals surface area (Å²) in [5.74, 6) is 0. The van der Waals surface area contributed by atoms with E-state index in [0.717, 1.165) is 6.42 Å². The van der Waals surface area contributed by atoms with Crippen molar-refractivity contribution in [2.45, 2.75) is 40.4 Å². The van der Waals surface area contributed by atoms with Gasteiger partial charge in [0, 0.05) is 13.2 Å². The SMILES string of the molecule is CCOC(OCC)C1(CO)CC1(C)C. The molecule has 14 heavy (non-hydrogen) atoms. The van der Waals surface area contributed by atoms with E-state index < -0.39 is 0 Å². The third-order valence-electron chi connectivity index (χ3n) is 3.35. The van der Waals surface area contributed by atoms with E-state index in [0.29, 0.717) is 13.2 Å². The first-order chi connectivity index (χ1) is 6.54. The molecule has 0 amide bonds. The normalized spacial score (nSPS) is 29.6. The van der Waals surface area contributed by atoms with Gasteiger partial charge in [-0.15, -0.1) is 0 Å². The van der Waals surface area contributed by atoms with Crippen LogP contribution in [-0.2, 0) is 9.47 Å². The Hall–Kier alpha value is -0.120. The molecule has 0 bridgehead atoms. The third-order valence-corrected chi connectivity index (χ3v) is 3.35. The van der Waals surface area contributed by atoms with Gasteiger partial charge >= 0.3 is 0 Å². The average Bonchev–Trinajstić information content (AvgIpc) is 2.70. The average molecular weight is 202 g/mol. The molecule has 1 N–H and O–H groups in total. The lowest BCUT2D eigenvalue weighted by Gasteiger charge is -2.28. The van der Waals surface area contributed by atoms with Crippen LogP contribution >= 0.6 is 0 Å². The van der Waals surface area contributed by atoms with Crippen LogP contribution in [0.4, 0.5) is 0 Å². The molecule has 0 heterocycles. The summed E-state index contributed by atoms with van der Waals surface area (Å²) in [6, 6.07) is 0. The second kappa shape index (κ2) is 4.17. The lowest BCUT2D eigenvalue weighted by atomic mass is 9.96. The minimum absolute atomic E-state index is 0.136. The second-order valence-electron chi connectivity index (χ2n) is 4.62. The second-order valence-corrected chi connectivity index (χ2v) is 4.62. The van der Waals surface area contributed by atoms with Crippen molar-refractivity contribution in [3.63, 3.8) is 0 Å². The Kier molecular flexibility index (Phi) is 3.56. The van der Waals surface area contributed by atoms with E-state index >= 15 is 0 Å². The van der Waals surface area contributed by atoms with Crippen LogP contribution in [0.15, 0.2) is 0 Å². The first-order valence-corrected chi connectivity index (χ1v) is 5.38. The molecule has 0 aromatic rings.